The Morgan fingerprint density at radius 2 is 2.13 bits per heavy atom. The largest absolute Gasteiger partial charge is 0.495 e. The Balaban J connectivity index is 3.00. The molecule has 0 saturated heterocycles. The van der Waals surface area contributed by atoms with E-state index in [0.717, 1.165) is 24.5 Å². The van der Waals surface area contributed by atoms with Crippen LogP contribution < -0.4 is 15.0 Å². The molecular weight excluding hydrogens is 188 g/mol. The minimum atomic E-state index is 0.809. The fraction of sp³-hybridized carbons (Fsp3) is 0.500. The zero-order chi connectivity index (χ0) is 11.3. The summed E-state index contributed by atoms with van der Waals surface area (Å²) in [4.78, 5) is 2.14. The molecule has 0 unspecified atom stereocenters. The number of rotatable bonds is 5. The maximum absolute atomic E-state index is 5.34. The summed E-state index contributed by atoms with van der Waals surface area (Å²) in [6.07, 6.45) is 1.05. The van der Waals surface area contributed by atoms with Crippen LogP contribution in [-0.4, -0.2) is 27.9 Å². The number of hydrogen-bond acceptors (Lipinski definition) is 3. The highest BCUT2D eigenvalue weighted by atomic mass is 16.5. The molecule has 0 radical (unpaired) electrons. The average Bonchev–Trinajstić information content (AvgIpc) is 2.28. The van der Waals surface area contributed by atoms with E-state index in [1.54, 1.807) is 7.11 Å². The van der Waals surface area contributed by atoms with Gasteiger partial charge >= 0.3 is 0 Å². The molecule has 3 heteroatoms. The van der Waals surface area contributed by atoms with E-state index >= 15 is 0 Å². The molecule has 0 saturated carbocycles. The number of benzene rings is 1. The average molecular weight is 208 g/mol. The molecule has 0 aromatic heterocycles. The Kier molecular flexibility index (Phi) is 4.43. The summed E-state index contributed by atoms with van der Waals surface area (Å²) in [5, 5.41) is 3.13. The molecular formula is C12H20N2O. The molecule has 1 N–H and O–H groups in total. The number of aryl methyl sites for hydroxylation is 1. The molecule has 0 heterocycles. The van der Waals surface area contributed by atoms with Crippen molar-refractivity contribution < 1.29 is 4.74 Å². The topological polar surface area (TPSA) is 24.5 Å². The van der Waals surface area contributed by atoms with Gasteiger partial charge in [-0.05, 0) is 31.2 Å². The van der Waals surface area contributed by atoms with Gasteiger partial charge in [0.1, 0.15) is 5.75 Å². The lowest BCUT2D eigenvalue weighted by Crippen LogP contribution is -2.28. The number of nitrogens with one attached hydrogen (secondary N) is 1. The molecule has 0 aliphatic heterocycles. The lowest BCUT2D eigenvalue weighted by molar-refractivity contribution is 0.414. The van der Waals surface area contributed by atoms with Crippen LogP contribution in [0.1, 0.15) is 12.5 Å². The summed E-state index contributed by atoms with van der Waals surface area (Å²) >= 11 is 0. The molecule has 0 fully saturated rings. The van der Waals surface area contributed by atoms with Gasteiger partial charge in [0.25, 0.3) is 0 Å². The normalized spacial score (nSPS) is 10.1. The van der Waals surface area contributed by atoms with Crippen molar-refractivity contribution >= 4 is 5.69 Å². The molecule has 0 aliphatic carbocycles. The van der Waals surface area contributed by atoms with Gasteiger partial charge in [0.15, 0.2) is 0 Å². The number of hydrogen-bond donors (Lipinski definition) is 1. The van der Waals surface area contributed by atoms with E-state index in [1.807, 2.05) is 20.2 Å². The van der Waals surface area contributed by atoms with Crippen molar-refractivity contribution in [2.75, 3.05) is 32.8 Å². The molecule has 15 heavy (non-hydrogen) atoms. The molecule has 0 atom stereocenters. The molecule has 1 aromatic rings. The number of nitrogens with zero attached hydrogens (tertiary/aromatic N) is 1. The lowest BCUT2D eigenvalue weighted by Gasteiger charge is -2.22. The fourth-order valence-corrected chi connectivity index (χ4v) is 1.58. The van der Waals surface area contributed by atoms with E-state index in [1.165, 1.54) is 5.56 Å². The molecule has 0 amide bonds. The van der Waals surface area contributed by atoms with Crippen LogP contribution in [-0.2, 0) is 6.42 Å². The second kappa shape index (κ2) is 5.61. The van der Waals surface area contributed by atoms with Gasteiger partial charge < -0.3 is 15.0 Å². The highest BCUT2D eigenvalue weighted by molar-refractivity contribution is 5.59. The smallest absolute Gasteiger partial charge is 0.142 e. The summed E-state index contributed by atoms with van der Waals surface area (Å²) in [5.74, 6) is 0.921. The van der Waals surface area contributed by atoms with Crippen LogP contribution in [0.4, 0.5) is 5.69 Å². The summed E-state index contributed by atoms with van der Waals surface area (Å²) in [6, 6.07) is 6.31. The first kappa shape index (κ1) is 11.9. The highest BCUT2D eigenvalue weighted by Gasteiger charge is 2.07. The third kappa shape index (κ3) is 2.86. The zero-order valence-corrected chi connectivity index (χ0v) is 10.0. The highest BCUT2D eigenvalue weighted by Crippen LogP contribution is 2.28. The van der Waals surface area contributed by atoms with Crippen molar-refractivity contribution in [3.8, 4) is 5.75 Å². The van der Waals surface area contributed by atoms with Crippen molar-refractivity contribution in [1.82, 2.24) is 5.32 Å². The standard InChI is InChI=1S/C12H20N2O/c1-5-10-6-7-12(15-4)11(8-10)14(3)9-13-2/h6-8,13H,5,9H2,1-4H3. The first-order valence-electron chi connectivity index (χ1n) is 5.25. The van der Waals surface area contributed by atoms with E-state index in [2.05, 4.69) is 29.3 Å². The minimum absolute atomic E-state index is 0.809. The van der Waals surface area contributed by atoms with Crippen molar-refractivity contribution in [2.45, 2.75) is 13.3 Å². The fourth-order valence-electron chi connectivity index (χ4n) is 1.58. The second-order valence-corrected chi connectivity index (χ2v) is 3.57. The predicted molar refractivity (Wildman–Crippen MR) is 64.7 cm³/mol. The Morgan fingerprint density at radius 1 is 1.40 bits per heavy atom. The second-order valence-electron chi connectivity index (χ2n) is 3.57. The Bertz CT molecular complexity index is 312. The van der Waals surface area contributed by atoms with Gasteiger partial charge in [0.05, 0.1) is 19.5 Å². The van der Waals surface area contributed by atoms with Crippen LogP contribution in [0.25, 0.3) is 0 Å². The third-order valence-electron chi connectivity index (χ3n) is 2.46. The van der Waals surface area contributed by atoms with Gasteiger partial charge in [0, 0.05) is 7.05 Å². The number of anilines is 1. The Morgan fingerprint density at radius 3 is 2.67 bits per heavy atom. The van der Waals surface area contributed by atoms with Crippen LogP contribution in [0.5, 0.6) is 5.75 Å². The summed E-state index contributed by atoms with van der Waals surface area (Å²) in [6.45, 7) is 2.97. The van der Waals surface area contributed by atoms with Gasteiger partial charge in [-0.15, -0.1) is 0 Å². The van der Waals surface area contributed by atoms with Crippen molar-refractivity contribution in [2.24, 2.45) is 0 Å². The van der Waals surface area contributed by atoms with Crippen molar-refractivity contribution in [1.29, 1.82) is 0 Å². The van der Waals surface area contributed by atoms with Gasteiger partial charge in [-0.1, -0.05) is 13.0 Å². The van der Waals surface area contributed by atoms with E-state index in [0.29, 0.717) is 0 Å². The molecule has 3 nitrogen and oxygen atoms in total. The molecule has 0 bridgehead atoms. The van der Waals surface area contributed by atoms with Crippen LogP contribution in [0.2, 0.25) is 0 Å². The maximum Gasteiger partial charge on any atom is 0.142 e. The van der Waals surface area contributed by atoms with Crippen LogP contribution in [0.15, 0.2) is 18.2 Å². The van der Waals surface area contributed by atoms with Gasteiger partial charge in [-0.3, -0.25) is 0 Å². The van der Waals surface area contributed by atoms with Gasteiger partial charge in [-0.2, -0.15) is 0 Å². The summed E-state index contributed by atoms with van der Waals surface area (Å²) < 4.78 is 5.34. The predicted octanol–water partition coefficient (Wildman–Crippen LogP) is 1.87. The zero-order valence-electron chi connectivity index (χ0n) is 10.0. The summed E-state index contributed by atoms with van der Waals surface area (Å²) in [5.41, 5.74) is 2.46. The first-order valence-corrected chi connectivity index (χ1v) is 5.25. The minimum Gasteiger partial charge on any atom is -0.495 e. The maximum atomic E-state index is 5.34. The monoisotopic (exact) mass is 208 g/mol. The lowest BCUT2D eigenvalue weighted by atomic mass is 10.1. The van der Waals surface area contributed by atoms with Gasteiger partial charge in [0.2, 0.25) is 0 Å². The van der Waals surface area contributed by atoms with Crippen LogP contribution in [0, 0.1) is 0 Å². The number of methoxy groups -OCH3 is 1. The molecule has 1 rings (SSSR count). The van der Waals surface area contributed by atoms with Crippen molar-refractivity contribution in [3.63, 3.8) is 0 Å². The third-order valence-corrected chi connectivity index (χ3v) is 2.46. The quantitative estimate of drug-likeness (QED) is 0.748. The van der Waals surface area contributed by atoms with E-state index in [-0.39, 0.29) is 0 Å². The van der Waals surface area contributed by atoms with E-state index < -0.39 is 0 Å². The molecule has 1 aromatic carbocycles. The van der Waals surface area contributed by atoms with Crippen LogP contribution in [0.3, 0.4) is 0 Å². The Labute approximate surface area is 92.0 Å². The molecule has 0 spiro atoms. The molecule has 84 valence electrons. The molecule has 0 aliphatic rings. The number of ether oxygens (including phenoxy) is 1. The van der Waals surface area contributed by atoms with Crippen LogP contribution >= 0.6 is 0 Å². The Hall–Kier alpha value is -1.22. The van der Waals surface area contributed by atoms with Crippen molar-refractivity contribution in [3.05, 3.63) is 23.8 Å². The van der Waals surface area contributed by atoms with E-state index in [9.17, 15) is 0 Å². The van der Waals surface area contributed by atoms with Gasteiger partial charge in [-0.25, -0.2) is 0 Å². The van der Waals surface area contributed by atoms with E-state index in [4.69, 9.17) is 4.74 Å². The SMILES string of the molecule is CCc1ccc(OC)c(N(C)CNC)c1. The first-order chi connectivity index (χ1) is 7.22. The summed E-state index contributed by atoms with van der Waals surface area (Å²) in [7, 11) is 5.69.